The summed E-state index contributed by atoms with van der Waals surface area (Å²) in [5.74, 6) is -0.641. The van der Waals surface area contributed by atoms with Crippen LogP contribution in [0.4, 0.5) is 14.6 Å². The minimum atomic E-state index is -0.881. The van der Waals surface area contributed by atoms with Gasteiger partial charge in [-0.3, -0.25) is 4.98 Å². The second-order valence-electron chi connectivity index (χ2n) is 5.92. The molecule has 26 heavy (non-hydrogen) atoms. The van der Waals surface area contributed by atoms with Gasteiger partial charge in [-0.15, -0.1) is 0 Å². The molecule has 4 aromatic rings. The maximum atomic E-state index is 13.6. The molecule has 0 N–H and O–H groups in total. The molecule has 0 atom stereocenters. The summed E-state index contributed by atoms with van der Waals surface area (Å²) in [7, 11) is 0. The second kappa shape index (κ2) is 5.49. The highest BCUT2D eigenvalue weighted by Gasteiger charge is 2.20. The zero-order chi connectivity index (χ0) is 17.7. The normalized spacial score (nSPS) is 12.1. The van der Waals surface area contributed by atoms with Gasteiger partial charge in [0.2, 0.25) is 0 Å². The first-order chi connectivity index (χ1) is 12.7. The van der Waals surface area contributed by atoms with E-state index in [0.29, 0.717) is 17.2 Å². The van der Waals surface area contributed by atoms with Crippen LogP contribution in [-0.2, 0) is 0 Å². The zero-order valence-corrected chi connectivity index (χ0v) is 13.3. The molecule has 0 fully saturated rings. The summed E-state index contributed by atoms with van der Waals surface area (Å²) in [6, 6.07) is 11.2. The van der Waals surface area contributed by atoms with Crippen molar-refractivity contribution >= 4 is 22.9 Å². The van der Waals surface area contributed by atoms with E-state index in [1.165, 1.54) is 6.07 Å². The Morgan fingerprint density at radius 2 is 1.77 bits per heavy atom. The first-order valence-corrected chi connectivity index (χ1v) is 7.95. The number of aliphatic imine (C=N–C) groups is 1. The molecule has 0 aliphatic carbocycles. The molecule has 0 radical (unpaired) electrons. The Labute approximate surface area is 146 Å². The van der Waals surface area contributed by atoms with Gasteiger partial charge in [-0.1, -0.05) is 12.1 Å². The summed E-state index contributed by atoms with van der Waals surface area (Å²) >= 11 is 0. The second-order valence-corrected chi connectivity index (χ2v) is 5.92. The van der Waals surface area contributed by atoms with Crippen molar-refractivity contribution in [2.75, 3.05) is 0 Å². The van der Waals surface area contributed by atoms with Crippen LogP contribution in [0.3, 0.4) is 0 Å². The Morgan fingerprint density at radius 1 is 0.846 bits per heavy atom. The van der Waals surface area contributed by atoms with E-state index < -0.39 is 11.6 Å². The molecule has 2 aromatic heterocycles. The standard InChI is InChI=1S/C20H10F2N4/c21-15-5-3-11(8-16(15)22)13-4-6-17-18-14(13)10-24-20(18)26-19(25-17)12-2-1-7-23-9-12/h1-10H. The summed E-state index contributed by atoms with van der Waals surface area (Å²) in [5.41, 5.74) is 3.70. The topological polar surface area (TPSA) is 51.0 Å². The molecule has 0 amide bonds. The van der Waals surface area contributed by atoms with Gasteiger partial charge in [-0.05, 0) is 41.5 Å². The van der Waals surface area contributed by atoms with Gasteiger partial charge < -0.3 is 0 Å². The first-order valence-electron chi connectivity index (χ1n) is 7.95. The molecule has 1 aliphatic heterocycles. The highest BCUT2D eigenvalue weighted by Crippen LogP contribution is 2.38. The van der Waals surface area contributed by atoms with Crippen molar-refractivity contribution in [1.29, 1.82) is 0 Å². The van der Waals surface area contributed by atoms with Crippen LogP contribution >= 0.6 is 0 Å². The molecule has 4 nitrogen and oxygen atoms in total. The van der Waals surface area contributed by atoms with Crippen LogP contribution in [0.15, 0.2) is 59.9 Å². The van der Waals surface area contributed by atoms with Crippen molar-refractivity contribution in [3.05, 3.63) is 72.1 Å². The summed E-state index contributed by atoms with van der Waals surface area (Å²) < 4.78 is 26.9. The van der Waals surface area contributed by atoms with Crippen LogP contribution in [0, 0.1) is 11.6 Å². The SMILES string of the molecule is Fc1ccc(-c2ccc3nc(-c4cccnc4)nc4c3c2C=N4)cc1F. The number of nitrogens with zero attached hydrogens (tertiary/aromatic N) is 4. The largest absolute Gasteiger partial charge is 0.264 e. The molecule has 0 saturated carbocycles. The first kappa shape index (κ1) is 14.8. The number of pyridine rings is 1. The maximum absolute atomic E-state index is 13.6. The van der Waals surface area contributed by atoms with Crippen LogP contribution in [0.2, 0.25) is 0 Å². The fourth-order valence-electron chi connectivity index (χ4n) is 3.12. The van der Waals surface area contributed by atoms with E-state index in [1.54, 1.807) is 24.7 Å². The molecule has 0 bridgehead atoms. The van der Waals surface area contributed by atoms with E-state index in [4.69, 9.17) is 0 Å². The third kappa shape index (κ3) is 2.19. The third-order valence-electron chi connectivity index (χ3n) is 4.35. The molecule has 0 spiro atoms. The zero-order valence-electron chi connectivity index (χ0n) is 13.3. The predicted molar refractivity (Wildman–Crippen MR) is 95.4 cm³/mol. The Morgan fingerprint density at radius 3 is 2.58 bits per heavy atom. The Balaban J connectivity index is 1.72. The molecule has 6 heteroatoms. The smallest absolute Gasteiger partial charge is 0.164 e. The Kier molecular flexibility index (Phi) is 3.12. The lowest BCUT2D eigenvalue weighted by molar-refractivity contribution is 0.509. The minimum Gasteiger partial charge on any atom is -0.264 e. The molecule has 124 valence electrons. The van der Waals surface area contributed by atoms with Crippen molar-refractivity contribution in [2.24, 2.45) is 4.99 Å². The third-order valence-corrected chi connectivity index (χ3v) is 4.35. The van der Waals surface area contributed by atoms with E-state index in [-0.39, 0.29) is 0 Å². The lowest BCUT2D eigenvalue weighted by Crippen LogP contribution is -1.94. The maximum Gasteiger partial charge on any atom is 0.164 e. The molecule has 5 rings (SSSR count). The summed E-state index contributed by atoms with van der Waals surface area (Å²) in [6.07, 6.45) is 5.08. The highest BCUT2D eigenvalue weighted by molar-refractivity contribution is 6.13. The van der Waals surface area contributed by atoms with Gasteiger partial charge in [-0.25, -0.2) is 23.7 Å². The predicted octanol–water partition coefficient (Wildman–Crippen LogP) is 4.70. The molecular formula is C20H10F2N4. The molecule has 3 heterocycles. The van der Waals surface area contributed by atoms with E-state index >= 15 is 0 Å². The van der Waals surface area contributed by atoms with Gasteiger partial charge in [0.25, 0.3) is 0 Å². The van der Waals surface area contributed by atoms with Gasteiger partial charge in [0.05, 0.1) is 10.9 Å². The minimum absolute atomic E-state index is 0.547. The van der Waals surface area contributed by atoms with Crippen molar-refractivity contribution in [2.45, 2.75) is 0 Å². The average Bonchev–Trinajstić information content (AvgIpc) is 3.10. The number of hydrogen-bond acceptors (Lipinski definition) is 4. The fourth-order valence-corrected chi connectivity index (χ4v) is 3.12. The Hall–Kier alpha value is -3.54. The van der Waals surface area contributed by atoms with Gasteiger partial charge in [0.1, 0.15) is 0 Å². The lowest BCUT2D eigenvalue weighted by atomic mass is 9.97. The Bertz CT molecular complexity index is 1200. The van der Waals surface area contributed by atoms with Crippen LogP contribution in [-0.4, -0.2) is 21.2 Å². The number of benzene rings is 2. The quantitative estimate of drug-likeness (QED) is 0.466. The number of hydrogen-bond donors (Lipinski definition) is 0. The highest BCUT2D eigenvalue weighted by atomic mass is 19.2. The fraction of sp³-hybridized carbons (Fsp3) is 0. The van der Waals surface area contributed by atoms with Crippen molar-refractivity contribution in [3.63, 3.8) is 0 Å². The molecule has 0 saturated heterocycles. The molecule has 2 aromatic carbocycles. The van der Waals surface area contributed by atoms with Crippen LogP contribution in [0.5, 0.6) is 0 Å². The number of halogens is 2. The molecule has 1 aliphatic rings. The summed E-state index contributed by atoms with van der Waals surface area (Å²) in [5, 5.41) is 0.805. The molecule has 0 unspecified atom stereocenters. The van der Waals surface area contributed by atoms with Gasteiger partial charge in [0, 0.05) is 29.7 Å². The van der Waals surface area contributed by atoms with Crippen LogP contribution in [0.25, 0.3) is 33.4 Å². The summed E-state index contributed by atoms with van der Waals surface area (Å²) in [6.45, 7) is 0. The van der Waals surface area contributed by atoms with E-state index in [9.17, 15) is 8.78 Å². The van der Waals surface area contributed by atoms with Crippen molar-refractivity contribution in [1.82, 2.24) is 15.0 Å². The lowest BCUT2D eigenvalue weighted by Gasteiger charge is -2.09. The van der Waals surface area contributed by atoms with E-state index in [0.717, 1.165) is 33.7 Å². The molecular weight excluding hydrogens is 334 g/mol. The van der Waals surface area contributed by atoms with E-state index in [1.807, 2.05) is 24.3 Å². The van der Waals surface area contributed by atoms with Gasteiger partial charge >= 0.3 is 0 Å². The number of rotatable bonds is 2. The van der Waals surface area contributed by atoms with Gasteiger partial charge in [0.15, 0.2) is 23.3 Å². The van der Waals surface area contributed by atoms with Crippen LogP contribution in [0.1, 0.15) is 5.56 Å². The monoisotopic (exact) mass is 344 g/mol. The van der Waals surface area contributed by atoms with Crippen molar-refractivity contribution in [3.8, 4) is 22.5 Å². The summed E-state index contributed by atoms with van der Waals surface area (Å²) in [4.78, 5) is 17.6. The number of aromatic nitrogens is 3. The van der Waals surface area contributed by atoms with Crippen LogP contribution < -0.4 is 0 Å². The van der Waals surface area contributed by atoms with E-state index in [2.05, 4.69) is 19.9 Å². The van der Waals surface area contributed by atoms with Crippen molar-refractivity contribution < 1.29 is 8.78 Å². The van der Waals surface area contributed by atoms with Gasteiger partial charge in [-0.2, -0.15) is 0 Å². The average molecular weight is 344 g/mol.